The molecule has 0 aliphatic carbocycles. The van der Waals surface area contributed by atoms with Crippen LogP contribution in [0.4, 0.5) is 0 Å². The van der Waals surface area contributed by atoms with Crippen LogP contribution < -0.4 is 10.5 Å². The second-order valence-electron chi connectivity index (χ2n) is 4.32. The van der Waals surface area contributed by atoms with E-state index in [-0.39, 0.29) is 0 Å². The van der Waals surface area contributed by atoms with Crippen LogP contribution in [0.5, 0.6) is 5.75 Å². The monoisotopic (exact) mass is 207 g/mol. The molecule has 2 N–H and O–H groups in total. The van der Waals surface area contributed by atoms with Crippen molar-refractivity contribution in [2.45, 2.75) is 27.2 Å². The van der Waals surface area contributed by atoms with Crippen LogP contribution in [-0.2, 0) is 6.42 Å². The van der Waals surface area contributed by atoms with Crippen molar-refractivity contribution in [3.8, 4) is 5.75 Å². The normalized spacial score (nSPS) is 12.6. The lowest BCUT2D eigenvalue weighted by Gasteiger charge is -2.15. The molecule has 15 heavy (non-hydrogen) atoms. The van der Waals surface area contributed by atoms with Gasteiger partial charge in [-0.15, -0.1) is 0 Å². The van der Waals surface area contributed by atoms with Crippen molar-refractivity contribution in [1.29, 1.82) is 0 Å². The molecule has 1 aromatic carbocycles. The third-order valence-corrected chi connectivity index (χ3v) is 2.67. The number of methoxy groups -OCH3 is 1. The zero-order chi connectivity index (χ0) is 11.4. The third-order valence-electron chi connectivity index (χ3n) is 2.67. The van der Waals surface area contributed by atoms with Crippen LogP contribution in [0, 0.1) is 19.8 Å². The first kappa shape index (κ1) is 12.1. The summed E-state index contributed by atoms with van der Waals surface area (Å²) in [5.41, 5.74) is 9.41. The summed E-state index contributed by atoms with van der Waals surface area (Å²) in [6.45, 7) is 7.08. The quantitative estimate of drug-likeness (QED) is 0.823. The van der Waals surface area contributed by atoms with E-state index in [1.54, 1.807) is 7.11 Å². The molecule has 0 saturated heterocycles. The maximum atomic E-state index is 5.65. The molecule has 0 aliphatic heterocycles. The first-order valence-corrected chi connectivity index (χ1v) is 5.42. The van der Waals surface area contributed by atoms with Gasteiger partial charge in [-0.1, -0.05) is 24.6 Å². The van der Waals surface area contributed by atoms with Gasteiger partial charge in [0.05, 0.1) is 7.11 Å². The maximum absolute atomic E-state index is 5.65. The summed E-state index contributed by atoms with van der Waals surface area (Å²) in [6, 6.07) is 4.34. The van der Waals surface area contributed by atoms with Gasteiger partial charge in [0, 0.05) is 0 Å². The predicted octanol–water partition coefficient (Wildman–Crippen LogP) is 2.45. The highest BCUT2D eigenvalue weighted by atomic mass is 16.5. The number of hydrogen-bond donors (Lipinski definition) is 1. The number of ether oxygens (including phenoxy) is 1. The topological polar surface area (TPSA) is 35.2 Å². The molecule has 84 valence electrons. The minimum Gasteiger partial charge on any atom is -0.496 e. The average molecular weight is 207 g/mol. The zero-order valence-electron chi connectivity index (χ0n) is 10.1. The molecule has 0 heterocycles. The van der Waals surface area contributed by atoms with Crippen molar-refractivity contribution in [3.63, 3.8) is 0 Å². The highest BCUT2D eigenvalue weighted by Crippen LogP contribution is 2.27. The van der Waals surface area contributed by atoms with Crippen molar-refractivity contribution in [1.82, 2.24) is 0 Å². The Morgan fingerprint density at radius 2 is 2.00 bits per heavy atom. The second kappa shape index (κ2) is 5.17. The number of nitrogens with two attached hydrogens (primary N) is 1. The van der Waals surface area contributed by atoms with E-state index in [4.69, 9.17) is 10.5 Å². The van der Waals surface area contributed by atoms with Gasteiger partial charge in [-0.25, -0.2) is 0 Å². The summed E-state index contributed by atoms with van der Waals surface area (Å²) in [6.07, 6.45) is 0.988. The molecular formula is C13H21NO. The molecule has 0 radical (unpaired) electrons. The van der Waals surface area contributed by atoms with E-state index < -0.39 is 0 Å². The van der Waals surface area contributed by atoms with Gasteiger partial charge in [-0.2, -0.15) is 0 Å². The van der Waals surface area contributed by atoms with Crippen LogP contribution in [0.25, 0.3) is 0 Å². The van der Waals surface area contributed by atoms with Gasteiger partial charge in [0.1, 0.15) is 5.75 Å². The molecule has 0 aromatic heterocycles. The molecule has 0 fully saturated rings. The van der Waals surface area contributed by atoms with E-state index in [1.165, 1.54) is 16.7 Å². The fourth-order valence-electron chi connectivity index (χ4n) is 1.94. The molecule has 1 atom stereocenters. The molecule has 0 saturated carbocycles. The highest BCUT2D eigenvalue weighted by molar-refractivity contribution is 5.44. The van der Waals surface area contributed by atoms with Crippen LogP contribution in [0.15, 0.2) is 12.1 Å². The van der Waals surface area contributed by atoms with E-state index in [9.17, 15) is 0 Å². The van der Waals surface area contributed by atoms with E-state index in [0.717, 1.165) is 18.7 Å². The van der Waals surface area contributed by atoms with Crippen molar-refractivity contribution < 1.29 is 4.74 Å². The molecule has 0 bridgehead atoms. The van der Waals surface area contributed by atoms with Gasteiger partial charge >= 0.3 is 0 Å². The Kier molecular flexibility index (Phi) is 4.15. The van der Waals surface area contributed by atoms with Gasteiger partial charge in [0.15, 0.2) is 0 Å². The molecule has 1 aromatic rings. The number of hydrogen-bond acceptors (Lipinski definition) is 2. The average Bonchev–Trinajstić information content (AvgIpc) is 2.17. The highest BCUT2D eigenvalue weighted by Gasteiger charge is 2.10. The summed E-state index contributed by atoms with van der Waals surface area (Å²) in [7, 11) is 1.73. The van der Waals surface area contributed by atoms with Gasteiger partial charge in [-0.3, -0.25) is 0 Å². The molecule has 1 rings (SSSR count). The van der Waals surface area contributed by atoms with Crippen LogP contribution in [0.3, 0.4) is 0 Å². The molecule has 0 aliphatic rings. The molecule has 2 nitrogen and oxygen atoms in total. The maximum Gasteiger partial charge on any atom is 0.124 e. The Bertz CT molecular complexity index is 334. The van der Waals surface area contributed by atoms with Crippen LogP contribution >= 0.6 is 0 Å². The third kappa shape index (κ3) is 2.96. The fourth-order valence-corrected chi connectivity index (χ4v) is 1.94. The van der Waals surface area contributed by atoms with Gasteiger partial charge in [0.2, 0.25) is 0 Å². The van der Waals surface area contributed by atoms with Crippen molar-refractivity contribution >= 4 is 0 Å². The van der Waals surface area contributed by atoms with Crippen LogP contribution in [0.2, 0.25) is 0 Å². The Balaban J connectivity index is 3.03. The summed E-state index contributed by atoms with van der Waals surface area (Å²) >= 11 is 0. The predicted molar refractivity (Wildman–Crippen MR) is 64.4 cm³/mol. The summed E-state index contributed by atoms with van der Waals surface area (Å²) in [5, 5.41) is 0. The lowest BCUT2D eigenvalue weighted by molar-refractivity contribution is 0.402. The molecule has 2 heteroatoms. The van der Waals surface area contributed by atoms with E-state index >= 15 is 0 Å². The zero-order valence-corrected chi connectivity index (χ0v) is 10.1. The number of aryl methyl sites for hydroxylation is 2. The standard InChI is InChI=1S/C13H21NO/c1-9-5-11(3)13(15-4)12(6-9)7-10(2)8-14/h5-6,10H,7-8,14H2,1-4H3. The van der Waals surface area contributed by atoms with Gasteiger partial charge in [-0.05, 0) is 43.9 Å². The smallest absolute Gasteiger partial charge is 0.124 e. The minimum absolute atomic E-state index is 0.500. The van der Waals surface area contributed by atoms with Crippen LogP contribution in [0.1, 0.15) is 23.6 Å². The van der Waals surface area contributed by atoms with E-state index in [2.05, 4.69) is 32.9 Å². The first-order valence-electron chi connectivity index (χ1n) is 5.42. The Labute approximate surface area is 92.4 Å². The summed E-state index contributed by atoms with van der Waals surface area (Å²) in [4.78, 5) is 0. The van der Waals surface area contributed by atoms with Gasteiger partial charge < -0.3 is 10.5 Å². The van der Waals surface area contributed by atoms with E-state index in [0.29, 0.717) is 5.92 Å². The lowest BCUT2D eigenvalue weighted by atomic mass is 9.97. The molecule has 0 amide bonds. The lowest BCUT2D eigenvalue weighted by Crippen LogP contribution is -2.14. The van der Waals surface area contributed by atoms with Gasteiger partial charge in [0.25, 0.3) is 0 Å². The SMILES string of the molecule is COc1c(C)cc(C)cc1CC(C)CN. The largest absolute Gasteiger partial charge is 0.496 e. The van der Waals surface area contributed by atoms with Crippen molar-refractivity contribution in [2.24, 2.45) is 11.7 Å². The summed E-state index contributed by atoms with van der Waals surface area (Å²) in [5.74, 6) is 1.51. The second-order valence-corrected chi connectivity index (χ2v) is 4.32. The Morgan fingerprint density at radius 1 is 1.33 bits per heavy atom. The minimum atomic E-state index is 0.500. The Hall–Kier alpha value is -1.02. The molecule has 0 spiro atoms. The number of benzene rings is 1. The first-order chi connectivity index (χ1) is 7.08. The van der Waals surface area contributed by atoms with E-state index in [1.807, 2.05) is 0 Å². The number of rotatable bonds is 4. The summed E-state index contributed by atoms with van der Waals surface area (Å²) < 4.78 is 5.44. The Morgan fingerprint density at radius 3 is 2.53 bits per heavy atom. The fraction of sp³-hybridized carbons (Fsp3) is 0.538. The molecular weight excluding hydrogens is 186 g/mol. The molecule has 1 unspecified atom stereocenters. The van der Waals surface area contributed by atoms with Crippen LogP contribution in [-0.4, -0.2) is 13.7 Å². The van der Waals surface area contributed by atoms with Crippen molar-refractivity contribution in [2.75, 3.05) is 13.7 Å². The van der Waals surface area contributed by atoms with Crippen molar-refractivity contribution in [3.05, 3.63) is 28.8 Å².